The van der Waals surface area contributed by atoms with E-state index in [4.69, 9.17) is 24.3 Å². The quantitative estimate of drug-likeness (QED) is 0.0283. The monoisotopic (exact) mass is 723 g/mol. The summed E-state index contributed by atoms with van der Waals surface area (Å²) >= 11 is 0. The fourth-order valence-corrected chi connectivity index (χ4v) is 5.48. The van der Waals surface area contributed by atoms with E-state index in [2.05, 4.69) is 74.6 Å². The van der Waals surface area contributed by atoms with Gasteiger partial charge in [-0.2, -0.15) is 0 Å². The summed E-state index contributed by atoms with van der Waals surface area (Å²) in [6.07, 6.45) is 41.1. The molecule has 0 aliphatic heterocycles. The lowest BCUT2D eigenvalue weighted by atomic mass is 10.1. The molecule has 288 valence electrons. The third-order valence-electron chi connectivity index (χ3n) is 7.63. The van der Waals surface area contributed by atoms with Crippen molar-refractivity contribution in [3.05, 3.63) is 60.8 Å². The molecule has 1 unspecified atom stereocenters. The minimum absolute atomic E-state index is 0.0430. The Labute approximate surface area is 304 Å². The van der Waals surface area contributed by atoms with Crippen molar-refractivity contribution in [2.45, 2.75) is 155 Å². The van der Waals surface area contributed by atoms with E-state index in [1.54, 1.807) is 0 Å². The van der Waals surface area contributed by atoms with E-state index in [0.29, 0.717) is 12.8 Å². The van der Waals surface area contributed by atoms with Crippen LogP contribution in [0.1, 0.15) is 149 Å². The van der Waals surface area contributed by atoms with Gasteiger partial charge in [-0.1, -0.05) is 120 Å². The van der Waals surface area contributed by atoms with Crippen molar-refractivity contribution in [1.82, 2.24) is 0 Å². The Morgan fingerprint density at radius 2 is 1.06 bits per heavy atom. The molecule has 3 N–H and O–H groups in total. The van der Waals surface area contributed by atoms with Crippen LogP contribution in [0.4, 0.5) is 0 Å². The smallest absolute Gasteiger partial charge is 0.462 e. The molecule has 2 atom stereocenters. The van der Waals surface area contributed by atoms with E-state index >= 15 is 0 Å². The minimum Gasteiger partial charge on any atom is -0.462 e. The summed E-state index contributed by atoms with van der Waals surface area (Å²) in [6, 6.07) is 0. The Hall–Kier alpha value is -2.29. The van der Waals surface area contributed by atoms with Crippen LogP contribution in [0, 0.1) is 0 Å². The lowest BCUT2D eigenvalue weighted by Crippen LogP contribution is -2.29. The summed E-state index contributed by atoms with van der Waals surface area (Å²) in [6.45, 7) is 3.57. The van der Waals surface area contributed by atoms with E-state index in [0.717, 1.165) is 77.0 Å². The summed E-state index contributed by atoms with van der Waals surface area (Å²) < 4.78 is 32.6. The number of carbonyl (C=O) groups is 2. The molecule has 0 aromatic rings. The molecular formula is C40H70NO8P. The summed E-state index contributed by atoms with van der Waals surface area (Å²) in [7, 11) is -4.39. The number of esters is 2. The number of rotatable bonds is 35. The molecule has 0 amide bonds. The standard InChI is InChI=1S/C40H70NO8P/c1-3-5-7-9-11-13-15-17-19-21-22-24-26-28-30-32-39(42)46-36-38(37-48-50(44,45)47-35-34-41)49-40(43)33-31-29-27-25-23-20-18-16-14-12-10-8-6-4-2/h10-13,16-19,22,24,38H,3-9,14-15,20-21,23,25-37,41H2,1-2H3,(H,44,45)/b12-10+,13-11+,18-16+,19-17+,24-22+/t38-/m1/s1. The molecule has 0 heterocycles. The molecule has 0 aliphatic rings. The predicted molar refractivity (Wildman–Crippen MR) is 206 cm³/mol. The third kappa shape index (κ3) is 35.5. The number of phosphoric ester groups is 1. The summed E-state index contributed by atoms with van der Waals surface area (Å²) in [4.78, 5) is 34.7. The van der Waals surface area contributed by atoms with Gasteiger partial charge in [0, 0.05) is 19.4 Å². The average molecular weight is 724 g/mol. The first kappa shape index (κ1) is 47.7. The zero-order chi connectivity index (χ0) is 36.8. The van der Waals surface area contributed by atoms with Crippen LogP contribution in [0.3, 0.4) is 0 Å². The van der Waals surface area contributed by atoms with Crippen LogP contribution in [-0.4, -0.2) is 49.3 Å². The van der Waals surface area contributed by atoms with Gasteiger partial charge in [0.15, 0.2) is 6.10 Å². The number of carbonyl (C=O) groups excluding carboxylic acids is 2. The third-order valence-corrected chi connectivity index (χ3v) is 8.61. The van der Waals surface area contributed by atoms with Gasteiger partial charge < -0.3 is 20.1 Å². The highest BCUT2D eigenvalue weighted by Crippen LogP contribution is 2.43. The number of unbranched alkanes of at least 4 members (excludes halogenated alkanes) is 12. The van der Waals surface area contributed by atoms with Crippen molar-refractivity contribution in [2.24, 2.45) is 5.73 Å². The number of ether oxygens (including phenoxy) is 2. The van der Waals surface area contributed by atoms with Crippen LogP contribution in [0.15, 0.2) is 60.8 Å². The normalized spacial score (nSPS) is 14.1. The van der Waals surface area contributed by atoms with Crippen molar-refractivity contribution in [2.75, 3.05) is 26.4 Å². The van der Waals surface area contributed by atoms with E-state index < -0.39 is 32.5 Å². The van der Waals surface area contributed by atoms with Crippen molar-refractivity contribution in [3.8, 4) is 0 Å². The lowest BCUT2D eigenvalue weighted by molar-refractivity contribution is -0.161. The second kappa shape index (κ2) is 36.5. The second-order valence-corrected chi connectivity index (χ2v) is 13.9. The number of phosphoric acid groups is 1. The fraction of sp³-hybridized carbons (Fsp3) is 0.700. The molecule has 0 fully saturated rings. The molecule has 50 heavy (non-hydrogen) atoms. The molecule has 10 heteroatoms. The van der Waals surface area contributed by atoms with Gasteiger partial charge in [0.2, 0.25) is 0 Å². The molecule has 0 radical (unpaired) electrons. The number of allylic oxidation sites excluding steroid dienone is 10. The molecule has 9 nitrogen and oxygen atoms in total. The summed E-state index contributed by atoms with van der Waals surface area (Å²) in [5.74, 6) is -0.897. The van der Waals surface area contributed by atoms with Gasteiger partial charge in [-0.15, -0.1) is 0 Å². The van der Waals surface area contributed by atoms with Gasteiger partial charge in [0.05, 0.1) is 13.2 Å². The van der Waals surface area contributed by atoms with Crippen LogP contribution in [-0.2, 0) is 32.7 Å². The molecule has 0 aromatic carbocycles. The van der Waals surface area contributed by atoms with Crippen LogP contribution >= 0.6 is 7.82 Å². The highest BCUT2D eigenvalue weighted by Gasteiger charge is 2.25. The molecule has 0 aromatic heterocycles. The maximum Gasteiger partial charge on any atom is 0.472 e. The lowest BCUT2D eigenvalue weighted by Gasteiger charge is -2.19. The van der Waals surface area contributed by atoms with Gasteiger partial charge in [0.25, 0.3) is 0 Å². The summed E-state index contributed by atoms with van der Waals surface area (Å²) in [5.41, 5.74) is 5.33. The first-order valence-electron chi connectivity index (χ1n) is 19.3. The van der Waals surface area contributed by atoms with Gasteiger partial charge in [-0.05, 0) is 77.0 Å². The van der Waals surface area contributed by atoms with Crippen molar-refractivity contribution < 1.29 is 37.6 Å². The second-order valence-electron chi connectivity index (χ2n) is 12.4. The maximum absolute atomic E-state index is 12.5. The minimum atomic E-state index is -4.39. The summed E-state index contributed by atoms with van der Waals surface area (Å²) in [5, 5.41) is 0. The molecule has 0 spiro atoms. The molecule has 0 bridgehead atoms. The Bertz CT molecular complexity index is 1010. The largest absolute Gasteiger partial charge is 0.472 e. The molecule has 0 saturated carbocycles. The first-order chi connectivity index (χ1) is 24.3. The number of hydrogen-bond acceptors (Lipinski definition) is 8. The van der Waals surface area contributed by atoms with Crippen LogP contribution < -0.4 is 5.73 Å². The van der Waals surface area contributed by atoms with Crippen molar-refractivity contribution in [1.29, 1.82) is 0 Å². The SMILES string of the molecule is CCCC/C=C/C/C=C/CCCCCCCC(=O)O[C@H](COC(=O)CCCC/C=C/C/C=C/C/C=C/CCCCC)COP(=O)(O)OCCN. The van der Waals surface area contributed by atoms with Gasteiger partial charge in [-0.25, -0.2) is 4.57 Å². The van der Waals surface area contributed by atoms with Gasteiger partial charge >= 0.3 is 19.8 Å². The van der Waals surface area contributed by atoms with Crippen LogP contribution in [0.5, 0.6) is 0 Å². The van der Waals surface area contributed by atoms with Gasteiger partial charge in [-0.3, -0.25) is 18.6 Å². The van der Waals surface area contributed by atoms with E-state index in [1.165, 1.54) is 32.1 Å². The predicted octanol–water partition coefficient (Wildman–Crippen LogP) is 10.5. The van der Waals surface area contributed by atoms with E-state index in [-0.39, 0.29) is 32.6 Å². The zero-order valence-corrected chi connectivity index (χ0v) is 32.3. The van der Waals surface area contributed by atoms with Crippen molar-refractivity contribution >= 4 is 19.8 Å². The molecular weight excluding hydrogens is 653 g/mol. The highest BCUT2D eigenvalue weighted by atomic mass is 31.2. The van der Waals surface area contributed by atoms with Crippen molar-refractivity contribution in [3.63, 3.8) is 0 Å². The highest BCUT2D eigenvalue weighted by molar-refractivity contribution is 7.47. The Kier molecular flexibility index (Phi) is 34.8. The van der Waals surface area contributed by atoms with Crippen LogP contribution in [0.2, 0.25) is 0 Å². The zero-order valence-electron chi connectivity index (χ0n) is 31.4. The molecule has 0 saturated heterocycles. The molecule has 0 aliphatic carbocycles. The Morgan fingerprint density at radius 3 is 1.64 bits per heavy atom. The number of hydrogen-bond donors (Lipinski definition) is 2. The fourth-order valence-electron chi connectivity index (χ4n) is 4.71. The van der Waals surface area contributed by atoms with Crippen LogP contribution in [0.25, 0.3) is 0 Å². The topological polar surface area (TPSA) is 134 Å². The first-order valence-corrected chi connectivity index (χ1v) is 20.8. The maximum atomic E-state index is 12.5. The van der Waals surface area contributed by atoms with Gasteiger partial charge in [0.1, 0.15) is 6.61 Å². The van der Waals surface area contributed by atoms with E-state index in [1.807, 2.05) is 0 Å². The molecule has 0 rings (SSSR count). The average Bonchev–Trinajstić information content (AvgIpc) is 3.10. The Balaban J connectivity index is 4.33. The number of nitrogens with two attached hydrogens (primary N) is 1. The Morgan fingerprint density at radius 1 is 0.600 bits per heavy atom. The van der Waals surface area contributed by atoms with E-state index in [9.17, 15) is 19.0 Å².